The number of hydrogen-bond donors (Lipinski definition) is 0. The fourth-order valence-electron chi connectivity index (χ4n) is 3.36. The van der Waals surface area contributed by atoms with E-state index in [4.69, 9.17) is 5.26 Å². The average Bonchev–Trinajstić information content (AvgIpc) is 2.93. The molecule has 0 spiro atoms. The van der Waals surface area contributed by atoms with Gasteiger partial charge in [0.1, 0.15) is 0 Å². The van der Waals surface area contributed by atoms with E-state index in [0.29, 0.717) is 5.56 Å². The fraction of sp³-hybridized carbons (Fsp3) is 0.364. The highest BCUT2D eigenvalue weighted by Gasteiger charge is 2.20. The second kappa shape index (κ2) is 8.70. The Bertz CT molecular complexity index is 806. The highest BCUT2D eigenvalue weighted by molar-refractivity contribution is 5.94. The molecule has 1 fully saturated rings. The number of carbonyl (C=O) groups excluding carboxylic acids is 1. The quantitative estimate of drug-likeness (QED) is 0.839. The minimum atomic E-state index is 0.112. The lowest BCUT2D eigenvalue weighted by Crippen LogP contribution is -2.35. The summed E-state index contributed by atoms with van der Waals surface area (Å²) in [6.45, 7) is 4.22. The fourth-order valence-corrected chi connectivity index (χ4v) is 3.36. The monoisotopic (exact) mass is 362 g/mol. The van der Waals surface area contributed by atoms with Crippen molar-refractivity contribution in [3.63, 3.8) is 0 Å². The molecule has 2 aromatic rings. The number of benzene rings is 2. The van der Waals surface area contributed by atoms with Crippen LogP contribution in [0.4, 0.5) is 5.69 Å². The second-order valence-electron chi connectivity index (χ2n) is 7.17. The molecule has 1 aliphatic heterocycles. The third-order valence-electron chi connectivity index (χ3n) is 5.00. The zero-order valence-electron chi connectivity index (χ0n) is 16.1. The maximum Gasteiger partial charge on any atom is 0.253 e. The Morgan fingerprint density at radius 1 is 1.00 bits per heavy atom. The normalized spacial score (nSPS) is 15.1. The van der Waals surface area contributed by atoms with Crippen LogP contribution in [0.3, 0.4) is 0 Å². The predicted octanol–water partition coefficient (Wildman–Crippen LogP) is 2.97. The van der Waals surface area contributed by atoms with E-state index in [1.165, 1.54) is 5.56 Å². The van der Waals surface area contributed by atoms with Gasteiger partial charge in [-0.3, -0.25) is 9.69 Å². The number of anilines is 1. The van der Waals surface area contributed by atoms with Crippen molar-refractivity contribution in [3.8, 4) is 6.07 Å². The van der Waals surface area contributed by atoms with Gasteiger partial charge in [-0.15, -0.1) is 0 Å². The van der Waals surface area contributed by atoms with Gasteiger partial charge < -0.3 is 9.80 Å². The molecule has 3 rings (SSSR count). The van der Waals surface area contributed by atoms with E-state index in [2.05, 4.69) is 11.0 Å². The maximum atomic E-state index is 12.8. The van der Waals surface area contributed by atoms with Gasteiger partial charge in [0, 0.05) is 58.1 Å². The Kier molecular flexibility index (Phi) is 6.10. The van der Waals surface area contributed by atoms with E-state index in [-0.39, 0.29) is 5.91 Å². The summed E-state index contributed by atoms with van der Waals surface area (Å²) in [5.41, 5.74) is 3.73. The number of amides is 1. The molecular weight excluding hydrogens is 336 g/mol. The molecule has 5 nitrogen and oxygen atoms in total. The Balaban J connectivity index is 1.58. The SMILES string of the molecule is CN(C)c1ccc(C(=O)N2CCCN(Cc3ccc(C#N)cc3)CC2)cc1. The first-order valence-corrected chi connectivity index (χ1v) is 9.35. The Hall–Kier alpha value is -2.84. The molecule has 1 amide bonds. The van der Waals surface area contributed by atoms with Gasteiger partial charge in [0.15, 0.2) is 0 Å². The van der Waals surface area contributed by atoms with Crippen LogP contribution in [-0.2, 0) is 6.54 Å². The summed E-state index contributed by atoms with van der Waals surface area (Å²) in [7, 11) is 3.99. The Labute approximate surface area is 161 Å². The molecule has 2 aromatic carbocycles. The molecule has 140 valence electrons. The highest BCUT2D eigenvalue weighted by atomic mass is 16.2. The molecule has 27 heavy (non-hydrogen) atoms. The molecule has 1 heterocycles. The summed E-state index contributed by atoms with van der Waals surface area (Å²) < 4.78 is 0. The lowest BCUT2D eigenvalue weighted by atomic mass is 10.1. The highest BCUT2D eigenvalue weighted by Crippen LogP contribution is 2.16. The number of rotatable bonds is 4. The number of nitrogens with zero attached hydrogens (tertiary/aromatic N) is 4. The molecule has 0 aromatic heterocycles. The first kappa shape index (κ1) is 18.9. The molecule has 0 unspecified atom stereocenters. The van der Waals surface area contributed by atoms with E-state index in [9.17, 15) is 4.79 Å². The summed E-state index contributed by atoms with van der Waals surface area (Å²) >= 11 is 0. The molecule has 5 heteroatoms. The van der Waals surface area contributed by atoms with Crippen LogP contribution in [0.2, 0.25) is 0 Å². The van der Waals surface area contributed by atoms with Crippen LogP contribution < -0.4 is 4.90 Å². The molecule has 1 aliphatic rings. The van der Waals surface area contributed by atoms with E-state index < -0.39 is 0 Å². The number of nitriles is 1. The van der Waals surface area contributed by atoms with Crippen molar-refractivity contribution in [2.24, 2.45) is 0 Å². The third-order valence-corrected chi connectivity index (χ3v) is 5.00. The van der Waals surface area contributed by atoms with Crippen LogP contribution >= 0.6 is 0 Å². The van der Waals surface area contributed by atoms with Crippen molar-refractivity contribution in [2.75, 3.05) is 45.2 Å². The second-order valence-corrected chi connectivity index (χ2v) is 7.17. The molecule has 0 saturated carbocycles. The standard InChI is InChI=1S/C22H26N4O/c1-24(2)21-10-8-20(9-11-21)22(27)26-13-3-12-25(14-15-26)17-19-6-4-18(16-23)5-7-19/h4-11H,3,12-15,17H2,1-2H3. The predicted molar refractivity (Wildman–Crippen MR) is 108 cm³/mol. The van der Waals surface area contributed by atoms with Crippen LogP contribution in [0.15, 0.2) is 48.5 Å². The summed E-state index contributed by atoms with van der Waals surface area (Å²) in [5.74, 6) is 0.112. The smallest absolute Gasteiger partial charge is 0.253 e. The van der Waals surface area contributed by atoms with Gasteiger partial charge >= 0.3 is 0 Å². The lowest BCUT2D eigenvalue weighted by Gasteiger charge is -2.22. The molecule has 0 radical (unpaired) electrons. The third kappa shape index (κ3) is 4.87. The van der Waals surface area contributed by atoms with Gasteiger partial charge in [-0.05, 0) is 48.4 Å². The molecule has 0 N–H and O–H groups in total. The van der Waals surface area contributed by atoms with E-state index in [1.54, 1.807) is 0 Å². The zero-order valence-corrected chi connectivity index (χ0v) is 16.1. The van der Waals surface area contributed by atoms with Crippen LogP contribution in [0.25, 0.3) is 0 Å². The minimum absolute atomic E-state index is 0.112. The lowest BCUT2D eigenvalue weighted by molar-refractivity contribution is 0.0761. The largest absolute Gasteiger partial charge is 0.378 e. The average molecular weight is 362 g/mol. The topological polar surface area (TPSA) is 50.6 Å². The van der Waals surface area contributed by atoms with E-state index >= 15 is 0 Å². The van der Waals surface area contributed by atoms with Crippen LogP contribution in [0.1, 0.15) is 27.9 Å². The minimum Gasteiger partial charge on any atom is -0.378 e. The molecule has 0 aliphatic carbocycles. The Morgan fingerprint density at radius 2 is 1.70 bits per heavy atom. The van der Waals surface area contributed by atoms with Crippen LogP contribution in [0.5, 0.6) is 0 Å². The van der Waals surface area contributed by atoms with Gasteiger partial charge in [-0.1, -0.05) is 12.1 Å². The van der Waals surface area contributed by atoms with Crippen molar-refractivity contribution >= 4 is 11.6 Å². The van der Waals surface area contributed by atoms with Gasteiger partial charge in [-0.2, -0.15) is 5.26 Å². The molecular formula is C22H26N4O. The number of hydrogen-bond acceptors (Lipinski definition) is 4. The van der Waals surface area contributed by atoms with Crippen molar-refractivity contribution in [2.45, 2.75) is 13.0 Å². The van der Waals surface area contributed by atoms with E-state index in [1.807, 2.05) is 72.4 Å². The van der Waals surface area contributed by atoms with Gasteiger partial charge in [-0.25, -0.2) is 0 Å². The summed E-state index contributed by atoms with van der Waals surface area (Å²) in [6.07, 6.45) is 0.970. The van der Waals surface area contributed by atoms with Crippen LogP contribution in [0, 0.1) is 11.3 Å². The Morgan fingerprint density at radius 3 is 2.33 bits per heavy atom. The van der Waals surface area contributed by atoms with Gasteiger partial charge in [0.2, 0.25) is 0 Å². The van der Waals surface area contributed by atoms with Gasteiger partial charge in [0.25, 0.3) is 5.91 Å². The number of carbonyl (C=O) groups is 1. The zero-order chi connectivity index (χ0) is 19.2. The van der Waals surface area contributed by atoms with Crippen molar-refractivity contribution < 1.29 is 4.79 Å². The van der Waals surface area contributed by atoms with Crippen molar-refractivity contribution in [3.05, 3.63) is 65.2 Å². The van der Waals surface area contributed by atoms with Crippen molar-refractivity contribution in [1.29, 1.82) is 5.26 Å². The summed E-state index contributed by atoms with van der Waals surface area (Å²) in [4.78, 5) is 19.2. The summed E-state index contributed by atoms with van der Waals surface area (Å²) in [6, 6.07) is 17.7. The maximum absolute atomic E-state index is 12.8. The first-order valence-electron chi connectivity index (χ1n) is 9.35. The molecule has 0 bridgehead atoms. The molecule has 1 saturated heterocycles. The van der Waals surface area contributed by atoms with Crippen molar-refractivity contribution in [1.82, 2.24) is 9.80 Å². The first-order chi connectivity index (χ1) is 13.1. The van der Waals surface area contributed by atoms with Gasteiger partial charge in [0.05, 0.1) is 11.6 Å². The van der Waals surface area contributed by atoms with Crippen LogP contribution in [-0.4, -0.2) is 56.0 Å². The van der Waals surface area contributed by atoms with E-state index in [0.717, 1.165) is 50.4 Å². The summed E-state index contributed by atoms with van der Waals surface area (Å²) in [5, 5.41) is 8.90. The molecule has 0 atom stereocenters.